The second kappa shape index (κ2) is 7.29. The molecule has 0 aliphatic heterocycles. The number of carbonyl (C=O) groups excluding carboxylic acids is 1. The van der Waals surface area contributed by atoms with Crippen LogP contribution in [0.1, 0.15) is 25.8 Å². The predicted molar refractivity (Wildman–Crippen MR) is 79.1 cm³/mol. The van der Waals surface area contributed by atoms with Crippen molar-refractivity contribution in [3.63, 3.8) is 0 Å². The quantitative estimate of drug-likeness (QED) is 0.901. The molecule has 21 heavy (non-hydrogen) atoms. The lowest BCUT2D eigenvalue weighted by atomic mass is 10.2. The van der Waals surface area contributed by atoms with Crippen molar-refractivity contribution in [1.29, 1.82) is 5.26 Å². The van der Waals surface area contributed by atoms with Crippen molar-refractivity contribution in [3.8, 4) is 6.07 Å². The number of benzene rings is 1. The van der Waals surface area contributed by atoms with Gasteiger partial charge in [0.15, 0.2) is 0 Å². The zero-order valence-electron chi connectivity index (χ0n) is 12.4. The molecule has 0 spiro atoms. The van der Waals surface area contributed by atoms with Crippen LogP contribution >= 0.6 is 0 Å². The van der Waals surface area contributed by atoms with E-state index in [0.717, 1.165) is 0 Å². The molecule has 1 unspecified atom stereocenters. The molecule has 0 aliphatic rings. The van der Waals surface area contributed by atoms with Gasteiger partial charge < -0.3 is 10.0 Å². The average Bonchev–Trinajstić information content (AvgIpc) is 2.46. The number of amides is 2. The van der Waals surface area contributed by atoms with Crippen LogP contribution in [0.25, 0.3) is 0 Å². The molecular formula is C15H19N3O3. The van der Waals surface area contributed by atoms with Gasteiger partial charge in [0.1, 0.15) is 0 Å². The number of carboxylic acid groups (broad SMARTS) is 1. The Morgan fingerprint density at radius 1 is 1.43 bits per heavy atom. The van der Waals surface area contributed by atoms with Crippen molar-refractivity contribution < 1.29 is 14.7 Å². The van der Waals surface area contributed by atoms with E-state index in [2.05, 4.69) is 0 Å². The molecule has 0 heterocycles. The highest BCUT2D eigenvalue weighted by Gasteiger charge is 2.24. The number of nitriles is 1. The molecular weight excluding hydrogens is 270 g/mol. The van der Waals surface area contributed by atoms with Gasteiger partial charge in [0.05, 0.1) is 18.1 Å². The molecule has 112 valence electrons. The van der Waals surface area contributed by atoms with E-state index in [1.54, 1.807) is 45.2 Å². The molecule has 1 aromatic rings. The Morgan fingerprint density at radius 3 is 2.62 bits per heavy atom. The van der Waals surface area contributed by atoms with E-state index in [4.69, 9.17) is 10.4 Å². The van der Waals surface area contributed by atoms with Crippen molar-refractivity contribution in [2.24, 2.45) is 0 Å². The standard InChI is InChI=1S/C15H19N3O3/c1-4-18(11(2)8-14(19)20)15(21)17(3)13-7-5-6-12(9-13)10-16/h5-7,9,11H,4,8H2,1-3H3,(H,19,20). The Hall–Kier alpha value is -2.55. The molecule has 0 aliphatic carbocycles. The minimum atomic E-state index is -0.942. The highest BCUT2D eigenvalue weighted by atomic mass is 16.4. The van der Waals surface area contributed by atoms with Crippen molar-refractivity contribution in [1.82, 2.24) is 4.90 Å². The number of hydrogen-bond donors (Lipinski definition) is 1. The van der Waals surface area contributed by atoms with Gasteiger partial charge >= 0.3 is 12.0 Å². The van der Waals surface area contributed by atoms with Crippen LogP contribution in [0.2, 0.25) is 0 Å². The van der Waals surface area contributed by atoms with E-state index in [-0.39, 0.29) is 12.5 Å². The number of anilines is 1. The zero-order chi connectivity index (χ0) is 16.0. The third-order valence-corrected chi connectivity index (χ3v) is 3.24. The Kier molecular flexibility index (Phi) is 5.73. The molecule has 0 radical (unpaired) electrons. The van der Waals surface area contributed by atoms with Gasteiger partial charge in [0.2, 0.25) is 0 Å². The van der Waals surface area contributed by atoms with E-state index >= 15 is 0 Å². The largest absolute Gasteiger partial charge is 0.481 e. The molecule has 1 N–H and O–H groups in total. The first-order chi connectivity index (χ1) is 9.90. The van der Waals surface area contributed by atoms with Gasteiger partial charge in [0, 0.05) is 25.3 Å². The van der Waals surface area contributed by atoms with Crippen LogP contribution in [0, 0.1) is 11.3 Å². The summed E-state index contributed by atoms with van der Waals surface area (Å²) >= 11 is 0. The van der Waals surface area contributed by atoms with Gasteiger partial charge in [-0.2, -0.15) is 5.26 Å². The Labute approximate surface area is 124 Å². The molecule has 1 aromatic carbocycles. The van der Waals surface area contributed by atoms with E-state index in [9.17, 15) is 9.59 Å². The lowest BCUT2D eigenvalue weighted by Crippen LogP contribution is -2.46. The number of aliphatic carboxylic acids is 1. The lowest BCUT2D eigenvalue weighted by molar-refractivity contribution is -0.138. The monoisotopic (exact) mass is 289 g/mol. The molecule has 1 rings (SSSR count). The fourth-order valence-electron chi connectivity index (χ4n) is 2.09. The SMILES string of the molecule is CCN(C(=O)N(C)c1cccc(C#N)c1)C(C)CC(=O)O. The van der Waals surface area contributed by atoms with Crippen molar-refractivity contribution >= 4 is 17.7 Å². The Balaban J connectivity index is 2.93. The summed E-state index contributed by atoms with van der Waals surface area (Å²) in [7, 11) is 1.61. The van der Waals surface area contributed by atoms with Crippen molar-refractivity contribution in [2.45, 2.75) is 26.3 Å². The summed E-state index contributed by atoms with van der Waals surface area (Å²) in [5, 5.41) is 17.7. The summed E-state index contributed by atoms with van der Waals surface area (Å²) in [5.74, 6) is -0.942. The smallest absolute Gasteiger partial charge is 0.324 e. The molecule has 0 saturated heterocycles. The zero-order valence-corrected chi connectivity index (χ0v) is 12.4. The maximum absolute atomic E-state index is 12.5. The second-order valence-corrected chi connectivity index (χ2v) is 4.74. The van der Waals surface area contributed by atoms with Crippen molar-refractivity contribution in [3.05, 3.63) is 29.8 Å². The summed E-state index contributed by atoms with van der Waals surface area (Å²) in [6.07, 6.45) is -0.106. The van der Waals surface area contributed by atoms with Crippen LogP contribution in [0.4, 0.5) is 10.5 Å². The minimum absolute atomic E-state index is 0.106. The molecule has 0 saturated carbocycles. The number of urea groups is 1. The van der Waals surface area contributed by atoms with Crippen LogP contribution < -0.4 is 4.90 Å². The average molecular weight is 289 g/mol. The van der Waals surface area contributed by atoms with E-state index in [1.165, 1.54) is 9.80 Å². The maximum Gasteiger partial charge on any atom is 0.324 e. The normalized spacial score (nSPS) is 11.3. The highest BCUT2D eigenvalue weighted by molar-refractivity contribution is 5.92. The van der Waals surface area contributed by atoms with Crippen LogP contribution in [-0.4, -0.2) is 41.6 Å². The number of rotatable bonds is 5. The first kappa shape index (κ1) is 16.5. The van der Waals surface area contributed by atoms with Gasteiger partial charge in [0.25, 0.3) is 0 Å². The first-order valence-corrected chi connectivity index (χ1v) is 6.67. The maximum atomic E-state index is 12.5. The fraction of sp³-hybridized carbons (Fsp3) is 0.400. The third-order valence-electron chi connectivity index (χ3n) is 3.24. The van der Waals surface area contributed by atoms with Crippen LogP contribution in [-0.2, 0) is 4.79 Å². The summed E-state index contributed by atoms with van der Waals surface area (Å²) in [4.78, 5) is 26.2. The molecule has 0 bridgehead atoms. The van der Waals surface area contributed by atoms with E-state index in [0.29, 0.717) is 17.8 Å². The van der Waals surface area contributed by atoms with E-state index < -0.39 is 12.0 Å². The van der Waals surface area contributed by atoms with Gasteiger partial charge in [-0.15, -0.1) is 0 Å². The number of nitrogens with zero attached hydrogens (tertiary/aromatic N) is 3. The summed E-state index contributed by atoms with van der Waals surface area (Å²) in [6.45, 7) is 3.92. The lowest BCUT2D eigenvalue weighted by Gasteiger charge is -2.31. The van der Waals surface area contributed by atoms with E-state index in [1.807, 2.05) is 6.07 Å². The third kappa shape index (κ3) is 4.21. The molecule has 6 nitrogen and oxygen atoms in total. The molecule has 6 heteroatoms. The molecule has 0 aromatic heterocycles. The minimum Gasteiger partial charge on any atom is -0.481 e. The summed E-state index contributed by atoms with van der Waals surface area (Å²) in [5.41, 5.74) is 1.06. The number of carbonyl (C=O) groups is 2. The number of carboxylic acids is 1. The van der Waals surface area contributed by atoms with Crippen LogP contribution in [0.15, 0.2) is 24.3 Å². The predicted octanol–water partition coefficient (Wildman–Crippen LogP) is 2.30. The van der Waals surface area contributed by atoms with Crippen LogP contribution in [0.3, 0.4) is 0 Å². The molecule has 1 atom stereocenters. The Morgan fingerprint density at radius 2 is 2.10 bits per heavy atom. The highest BCUT2D eigenvalue weighted by Crippen LogP contribution is 2.17. The van der Waals surface area contributed by atoms with Crippen molar-refractivity contribution in [2.75, 3.05) is 18.5 Å². The van der Waals surface area contributed by atoms with Gasteiger partial charge in [-0.1, -0.05) is 6.07 Å². The van der Waals surface area contributed by atoms with Crippen LogP contribution in [0.5, 0.6) is 0 Å². The molecule has 2 amide bonds. The van der Waals surface area contributed by atoms with Gasteiger partial charge in [-0.25, -0.2) is 4.79 Å². The summed E-state index contributed by atoms with van der Waals surface area (Å²) in [6, 6.07) is 8.04. The number of hydrogen-bond acceptors (Lipinski definition) is 3. The van der Waals surface area contributed by atoms with Gasteiger partial charge in [-0.05, 0) is 32.0 Å². The topological polar surface area (TPSA) is 84.6 Å². The first-order valence-electron chi connectivity index (χ1n) is 6.67. The summed E-state index contributed by atoms with van der Waals surface area (Å²) < 4.78 is 0. The Bertz CT molecular complexity index is 566. The fourth-order valence-corrected chi connectivity index (χ4v) is 2.09. The molecule has 0 fully saturated rings. The van der Waals surface area contributed by atoms with Gasteiger partial charge in [-0.3, -0.25) is 9.69 Å². The second-order valence-electron chi connectivity index (χ2n) is 4.74.